The molecule has 0 unspecified atom stereocenters. The first kappa shape index (κ1) is 18.3. The maximum absolute atomic E-state index is 12.0. The number of hydrogen-bond donors (Lipinski definition) is 2. The fraction of sp³-hybridized carbons (Fsp3) is 0.176. The van der Waals surface area contributed by atoms with Gasteiger partial charge in [0.1, 0.15) is 5.75 Å². The number of nitro groups is 1. The molecule has 2 N–H and O–H groups in total. The van der Waals surface area contributed by atoms with Crippen molar-refractivity contribution < 1.29 is 14.5 Å². The second-order valence-corrected chi connectivity index (χ2v) is 5.54. The molecule has 0 heterocycles. The van der Waals surface area contributed by atoms with Crippen molar-refractivity contribution in [3.63, 3.8) is 0 Å². The van der Waals surface area contributed by atoms with Crippen molar-refractivity contribution >= 4 is 34.6 Å². The molecule has 0 bridgehead atoms. The van der Waals surface area contributed by atoms with E-state index >= 15 is 0 Å². The second-order valence-electron chi connectivity index (χ2n) is 5.13. The van der Waals surface area contributed by atoms with E-state index in [1.54, 1.807) is 0 Å². The van der Waals surface area contributed by atoms with Crippen LogP contribution in [0.5, 0.6) is 5.75 Å². The monoisotopic (exact) mass is 359 g/mol. The lowest BCUT2D eigenvalue weighted by atomic mass is 10.1. The molecular formula is C17H17N3O4S. The van der Waals surface area contributed by atoms with Crippen molar-refractivity contribution in [1.29, 1.82) is 0 Å². The van der Waals surface area contributed by atoms with Gasteiger partial charge < -0.3 is 15.4 Å². The van der Waals surface area contributed by atoms with Crippen LogP contribution in [-0.4, -0.2) is 23.1 Å². The van der Waals surface area contributed by atoms with Gasteiger partial charge in [0.25, 0.3) is 5.69 Å². The van der Waals surface area contributed by atoms with Gasteiger partial charge in [-0.1, -0.05) is 30.3 Å². The van der Waals surface area contributed by atoms with E-state index in [1.165, 1.54) is 25.3 Å². The number of methoxy groups -OCH3 is 1. The standard InChI is InChI=1S/C17H17N3O4S/c1-24-15-11-13(20(22)23)8-9-14(15)18-17(25)19-16(21)10-7-12-5-3-2-4-6-12/h2-6,8-9,11H,7,10H2,1H3,(H2,18,19,21,25). The minimum Gasteiger partial charge on any atom is -0.494 e. The van der Waals surface area contributed by atoms with Gasteiger partial charge >= 0.3 is 0 Å². The first-order valence-corrected chi connectivity index (χ1v) is 7.87. The Morgan fingerprint density at radius 1 is 1.24 bits per heavy atom. The number of anilines is 1. The molecule has 130 valence electrons. The zero-order valence-electron chi connectivity index (χ0n) is 13.5. The number of nitrogens with one attached hydrogen (secondary N) is 2. The van der Waals surface area contributed by atoms with E-state index in [9.17, 15) is 14.9 Å². The Labute approximate surface area is 150 Å². The third kappa shape index (κ3) is 5.54. The molecular weight excluding hydrogens is 342 g/mol. The lowest BCUT2D eigenvalue weighted by molar-refractivity contribution is -0.384. The number of hydrogen-bond acceptors (Lipinski definition) is 5. The maximum Gasteiger partial charge on any atom is 0.273 e. The molecule has 2 rings (SSSR count). The van der Waals surface area contributed by atoms with Crippen molar-refractivity contribution in [3.05, 3.63) is 64.2 Å². The third-order valence-electron chi connectivity index (χ3n) is 3.38. The largest absolute Gasteiger partial charge is 0.494 e. The van der Waals surface area contributed by atoms with Crippen LogP contribution in [0.1, 0.15) is 12.0 Å². The van der Waals surface area contributed by atoms with Crippen LogP contribution in [-0.2, 0) is 11.2 Å². The van der Waals surface area contributed by atoms with Crippen molar-refractivity contribution in [3.8, 4) is 5.75 Å². The molecule has 0 saturated carbocycles. The Balaban J connectivity index is 1.91. The predicted molar refractivity (Wildman–Crippen MR) is 98.8 cm³/mol. The Hall–Kier alpha value is -3.00. The molecule has 0 spiro atoms. The minimum absolute atomic E-state index is 0.0970. The van der Waals surface area contributed by atoms with E-state index in [0.717, 1.165) is 5.56 Å². The van der Waals surface area contributed by atoms with Gasteiger partial charge in [0, 0.05) is 12.5 Å². The first-order chi connectivity index (χ1) is 12.0. The number of nitro benzene ring substituents is 1. The molecule has 0 aliphatic rings. The zero-order chi connectivity index (χ0) is 18.2. The first-order valence-electron chi connectivity index (χ1n) is 7.47. The molecule has 0 atom stereocenters. The van der Waals surface area contributed by atoms with Crippen LogP contribution in [0.3, 0.4) is 0 Å². The van der Waals surface area contributed by atoms with Gasteiger partial charge in [-0.15, -0.1) is 0 Å². The second kappa shape index (κ2) is 8.74. The summed E-state index contributed by atoms with van der Waals surface area (Å²) in [6.45, 7) is 0. The number of carbonyl (C=O) groups excluding carboxylic acids is 1. The van der Waals surface area contributed by atoms with Gasteiger partial charge in [-0.05, 0) is 30.3 Å². The summed E-state index contributed by atoms with van der Waals surface area (Å²) in [7, 11) is 1.39. The minimum atomic E-state index is -0.518. The van der Waals surface area contributed by atoms with Gasteiger partial charge in [-0.2, -0.15) is 0 Å². The molecule has 0 aliphatic heterocycles. The van der Waals surface area contributed by atoms with Gasteiger partial charge in [-0.3, -0.25) is 14.9 Å². The van der Waals surface area contributed by atoms with Crippen LogP contribution >= 0.6 is 12.2 Å². The molecule has 0 aromatic heterocycles. The molecule has 0 aliphatic carbocycles. The van der Waals surface area contributed by atoms with Gasteiger partial charge in [0.05, 0.1) is 23.8 Å². The van der Waals surface area contributed by atoms with Crippen LogP contribution in [0.15, 0.2) is 48.5 Å². The summed E-state index contributed by atoms with van der Waals surface area (Å²) in [6.07, 6.45) is 0.902. The molecule has 0 fully saturated rings. The highest BCUT2D eigenvalue weighted by atomic mass is 32.1. The molecule has 0 saturated heterocycles. The van der Waals surface area contributed by atoms with Gasteiger partial charge in [0.2, 0.25) is 5.91 Å². The molecule has 2 aromatic rings. The Kier molecular flexibility index (Phi) is 6.41. The van der Waals surface area contributed by atoms with Crippen molar-refractivity contribution in [2.24, 2.45) is 0 Å². The van der Waals surface area contributed by atoms with Gasteiger partial charge in [-0.25, -0.2) is 0 Å². The summed E-state index contributed by atoms with van der Waals surface area (Å²) in [5, 5.41) is 16.3. The average molecular weight is 359 g/mol. The highest BCUT2D eigenvalue weighted by molar-refractivity contribution is 7.80. The summed E-state index contributed by atoms with van der Waals surface area (Å²) in [5.74, 6) is 0.0392. The smallest absolute Gasteiger partial charge is 0.273 e. The number of amides is 1. The Morgan fingerprint density at radius 3 is 2.60 bits per heavy atom. The van der Waals surface area contributed by atoms with Crippen LogP contribution in [0.25, 0.3) is 0 Å². The average Bonchev–Trinajstić information content (AvgIpc) is 2.61. The van der Waals surface area contributed by atoms with E-state index < -0.39 is 4.92 Å². The summed E-state index contributed by atoms with van der Waals surface area (Å²) >= 11 is 5.10. The lowest BCUT2D eigenvalue weighted by Crippen LogP contribution is -2.34. The van der Waals surface area contributed by atoms with Gasteiger partial charge in [0.15, 0.2) is 5.11 Å². The molecule has 1 amide bonds. The van der Waals surface area contributed by atoms with E-state index in [0.29, 0.717) is 18.5 Å². The number of benzene rings is 2. The molecule has 7 nitrogen and oxygen atoms in total. The normalized spacial score (nSPS) is 9.96. The van der Waals surface area contributed by atoms with E-state index in [4.69, 9.17) is 17.0 Å². The SMILES string of the molecule is COc1cc([N+](=O)[O-])ccc1NC(=S)NC(=O)CCc1ccccc1. The van der Waals surface area contributed by atoms with Crippen molar-refractivity contribution in [2.45, 2.75) is 12.8 Å². The van der Waals surface area contributed by atoms with E-state index in [2.05, 4.69) is 10.6 Å². The summed E-state index contributed by atoms with van der Waals surface area (Å²) in [6, 6.07) is 13.7. The number of non-ortho nitro benzene ring substituents is 1. The Morgan fingerprint density at radius 2 is 1.96 bits per heavy atom. The quantitative estimate of drug-likeness (QED) is 0.468. The fourth-order valence-corrected chi connectivity index (χ4v) is 2.37. The molecule has 2 aromatic carbocycles. The zero-order valence-corrected chi connectivity index (χ0v) is 14.3. The number of aryl methyl sites for hydroxylation is 1. The molecule has 8 heteroatoms. The Bertz CT molecular complexity index is 781. The van der Waals surface area contributed by atoms with E-state index in [1.807, 2.05) is 30.3 Å². The molecule has 0 radical (unpaired) electrons. The van der Waals surface area contributed by atoms with Crippen LogP contribution < -0.4 is 15.4 Å². The van der Waals surface area contributed by atoms with Crippen molar-refractivity contribution in [2.75, 3.05) is 12.4 Å². The summed E-state index contributed by atoms with van der Waals surface area (Å²) in [4.78, 5) is 22.2. The van der Waals surface area contributed by atoms with Crippen LogP contribution in [0.2, 0.25) is 0 Å². The summed E-state index contributed by atoms with van der Waals surface area (Å²) in [5.41, 5.74) is 1.40. The predicted octanol–water partition coefficient (Wildman–Crippen LogP) is 3.05. The topological polar surface area (TPSA) is 93.5 Å². The number of nitrogens with zero attached hydrogens (tertiary/aromatic N) is 1. The highest BCUT2D eigenvalue weighted by Crippen LogP contribution is 2.28. The van der Waals surface area contributed by atoms with Crippen LogP contribution in [0.4, 0.5) is 11.4 Å². The maximum atomic E-state index is 12.0. The fourth-order valence-electron chi connectivity index (χ4n) is 2.14. The number of rotatable bonds is 6. The third-order valence-corrected chi connectivity index (χ3v) is 3.58. The van der Waals surface area contributed by atoms with E-state index in [-0.39, 0.29) is 22.5 Å². The highest BCUT2D eigenvalue weighted by Gasteiger charge is 2.13. The number of thiocarbonyl (C=S) groups is 1. The summed E-state index contributed by atoms with van der Waals surface area (Å²) < 4.78 is 5.11. The van der Waals surface area contributed by atoms with Crippen molar-refractivity contribution in [1.82, 2.24) is 5.32 Å². The number of carbonyl (C=O) groups is 1. The lowest BCUT2D eigenvalue weighted by Gasteiger charge is -2.12. The number of ether oxygens (including phenoxy) is 1. The molecule has 25 heavy (non-hydrogen) atoms. The van der Waals surface area contributed by atoms with Crippen LogP contribution in [0, 0.1) is 10.1 Å².